The molecule has 0 amide bonds. The van der Waals surface area contributed by atoms with E-state index in [9.17, 15) is 8.78 Å². The van der Waals surface area contributed by atoms with Crippen molar-refractivity contribution in [3.8, 4) is 11.5 Å². The Kier molecular flexibility index (Phi) is 7.85. The first kappa shape index (κ1) is 20.5. The van der Waals surface area contributed by atoms with E-state index in [1.807, 2.05) is 24.3 Å². The molecule has 1 unspecified atom stereocenters. The van der Waals surface area contributed by atoms with Crippen LogP contribution in [0.1, 0.15) is 24.0 Å². The number of guanidine groups is 1. The van der Waals surface area contributed by atoms with Crippen LogP contribution in [0.3, 0.4) is 0 Å². The first-order valence-corrected chi connectivity index (χ1v) is 8.65. The van der Waals surface area contributed by atoms with Crippen molar-refractivity contribution in [3.05, 3.63) is 59.7 Å². The molecule has 0 aromatic heterocycles. The van der Waals surface area contributed by atoms with Crippen molar-refractivity contribution in [2.24, 2.45) is 4.99 Å². The molecule has 0 radical (unpaired) electrons. The molecule has 2 rings (SSSR count). The summed E-state index contributed by atoms with van der Waals surface area (Å²) in [5, 5.41) is 6.36. The fraction of sp³-hybridized carbons (Fsp3) is 0.350. The Morgan fingerprint density at radius 2 is 1.70 bits per heavy atom. The van der Waals surface area contributed by atoms with Crippen LogP contribution in [-0.4, -0.2) is 33.3 Å². The maximum atomic E-state index is 12.5. The number of hydrogen-bond donors (Lipinski definition) is 2. The highest BCUT2D eigenvalue weighted by atomic mass is 19.3. The Labute approximate surface area is 158 Å². The van der Waals surface area contributed by atoms with Gasteiger partial charge in [0, 0.05) is 31.6 Å². The molecule has 0 spiro atoms. The summed E-state index contributed by atoms with van der Waals surface area (Å²) in [5.74, 6) is 1.75. The number of para-hydroxylation sites is 2. The van der Waals surface area contributed by atoms with Crippen molar-refractivity contribution < 1.29 is 18.3 Å². The second-order valence-corrected chi connectivity index (χ2v) is 5.94. The van der Waals surface area contributed by atoms with E-state index in [-0.39, 0.29) is 11.7 Å². The van der Waals surface area contributed by atoms with Crippen LogP contribution >= 0.6 is 0 Å². The van der Waals surface area contributed by atoms with Crippen molar-refractivity contribution in [1.82, 2.24) is 10.6 Å². The van der Waals surface area contributed by atoms with Crippen molar-refractivity contribution >= 4 is 5.96 Å². The Hall–Kier alpha value is -2.83. The molecule has 27 heavy (non-hydrogen) atoms. The topological polar surface area (TPSA) is 54.9 Å². The van der Waals surface area contributed by atoms with Crippen LogP contribution in [0.4, 0.5) is 8.78 Å². The average Bonchev–Trinajstić information content (AvgIpc) is 2.68. The van der Waals surface area contributed by atoms with Gasteiger partial charge in [-0.25, -0.2) is 0 Å². The van der Waals surface area contributed by atoms with Gasteiger partial charge in [0.1, 0.15) is 11.5 Å². The van der Waals surface area contributed by atoms with Crippen molar-refractivity contribution in [1.29, 1.82) is 0 Å². The van der Waals surface area contributed by atoms with E-state index in [0.29, 0.717) is 24.6 Å². The van der Waals surface area contributed by atoms with Gasteiger partial charge in [-0.3, -0.25) is 4.99 Å². The molecular formula is C20H25F2N3O2. The van der Waals surface area contributed by atoms with Gasteiger partial charge in [0.05, 0.1) is 7.11 Å². The maximum Gasteiger partial charge on any atom is 0.387 e. The number of alkyl halides is 2. The first-order valence-electron chi connectivity index (χ1n) is 8.65. The molecule has 0 saturated heterocycles. The van der Waals surface area contributed by atoms with Crippen LogP contribution in [0, 0.1) is 0 Å². The number of hydrogen-bond acceptors (Lipinski definition) is 3. The quantitative estimate of drug-likeness (QED) is 0.543. The minimum Gasteiger partial charge on any atom is -0.496 e. The highest BCUT2D eigenvalue weighted by Gasteiger charge is 2.12. The molecule has 0 aliphatic carbocycles. The van der Waals surface area contributed by atoms with E-state index < -0.39 is 6.61 Å². The standard InChI is InChI=1S/C20H25F2N3O2/c1-14(16-9-5-7-11-18(16)26-3)12-24-20(23-2)25-13-15-8-4-6-10-17(15)27-19(21)22/h4-11,14,19H,12-13H2,1-3H3,(H2,23,24,25). The number of rotatable bonds is 8. The zero-order valence-electron chi connectivity index (χ0n) is 15.7. The normalized spacial score (nSPS) is 12.6. The molecule has 2 aromatic carbocycles. The summed E-state index contributed by atoms with van der Waals surface area (Å²) in [4.78, 5) is 4.18. The van der Waals surface area contributed by atoms with Crippen molar-refractivity contribution in [2.75, 3.05) is 20.7 Å². The Morgan fingerprint density at radius 3 is 2.37 bits per heavy atom. The summed E-state index contributed by atoms with van der Waals surface area (Å²) in [6, 6.07) is 14.5. The van der Waals surface area contributed by atoms with Crippen LogP contribution < -0.4 is 20.1 Å². The fourth-order valence-electron chi connectivity index (χ4n) is 2.69. The van der Waals surface area contributed by atoms with Crippen LogP contribution in [0.2, 0.25) is 0 Å². The molecule has 0 aliphatic heterocycles. The van der Waals surface area contributed by atoms with Gasteiger partial charge in [-0.05, 0) is 17.7 Å². The summed E-state index contributed by atoms with van der Waals surface area (Å²) in [7, 11) is 3.31. The molecule has 5 nitrogen and oxygen atoms in total. The van der Waals surface area contributed by atoms with Gasteiger partial charge in [-0.2, -0.15) is 8.78 Å². The third-order valence-corrected chi connectivity index (χ3v) is 4.10. The number of benzene rings is 2. The van der Waals surface area contributed by atoms with Crippen molar-refractivity contribution in [3.63, 3.8) is 0 Å². The second kappa shape index (κ2) is 10.4. The third-order valence-electron chi connectivity index (χ3n) is 4.10. The lowest BCUT2D eigenvalue weighted by atomic mass is 10.0. The average molecular weight is 377 g/mol. The predicted molar refractivity (Wildman–Crippen MR) is 103 cm³/mol. The smallest absolute Gasteiger partial charge is 0.387 e. The minimum absolute atomic E-state index is 0.151. The fourth-order valence-corrected chi connectivity index (χ4v) is 2.69. The number of nitrogens with one attached hydrogen (secondary N) is 2. The number of aliphatic imine (C=N–C) groups is 1. The molecule has 0 heterocycles. The molecule has 2 N–H and O–H groups in total. The zero-order chi connectivity index (χ0) is 19.6. The number of ether oxygens (including phenoxy) is 2. The van der Waals surface area contributed by atoms with E-state index in [0.717, 1.165) is 11.3 Å². The van der Waals surface area contributed by atoms with Crippen LogP contribution in [0.5, 0.6) is 11.5 Å². The lowest BCUT2D eigenvalue weighted by Gasteiger charge is -2.19. The van der Waals surface area contributed by atoms with E-state index in [2.05, 4.69) is 27.3 Å². The van der Waals surface area contributed by atoms with E-state index in [1.165, 1.54) is 6.07 Å². The lowest BCUT2D eigenvalue weighted by molar-refractivity contribution is -0.0504. The Balaban J connectivity index is 1.93. The molecule has 0 saturated carbocycles. The van der Waals surface area contributed by atoms with Gasteiger partial charge >= 0.3 is 6.61 Å². The maximum absolute atomic E-state index is 12.5. The number of halogens is 2. The number of nitrogens with zero attached hydrogens (tertiary/aromatic N) is 1. The molecule has 0 aliphatic rings. The van der Waals surface area contributed by atoms with Gasteiger partial charge in [0.15, 0.2) is 5.96 Å². The second-order valence-electron chi connectivity index (χ2n) is 5.94. The van der Waals surface area contributed by atoms with Gasteiger partial charge < -0.3 is 20.1 Å². The lowest BCUT2D eigenvalue weighted by Crippen LogP contribution is -2.38. The molecule has 1 atom stereocenters. The molecular weight excluding hydrogens is 352 g/mol. The van der Waals surface area contributed by atoms with Crippen LogP contribution in [0.15, 0.2) is 53.5 Å². The molecule has 2 aromatic rings. The monoisotopic (exact) mass is 377 g/mol. The van der Waals surface area contributed by atoms with Gasteiger partial charge in [0.2, 0.25) is 0 Å². The highest BCUT2D eigenvalue weighted by Crippen LogP contribution is 2.25. The van der Waals surface area contributed by atoms with E-state index >= 15 is 0 Å². The molecule has 7 heteroatoms. The summed E-state index contributed by atoms with van der Waals surface area (Å²) < 4.78 is 35.0. The first-order chi connectivity index (χ1) is 13.0. The summed E-state index contributed by atoms with van der Waals surface area (Å²) in [6.07, 6.45) is 0. The van der Waals surface area contributed by atoms with Crippen LogP contribution in [0.25, 0.3) is 0 Å². The third kappa shape index (κ3) is 6.13. The Morgan fingerprint density at radius 1 is 1.04 bits per heavy atom. The summed E-state index contributed by atoms with van der Waals surface area (Å²) in [6.45, 7) is 0.176. The van der Waals surface area contributed by atoms with Crippen LogP contribution in [-0.2, 0) is 6.54 Å². The van der Waals surface area contributed by atoms with Gasteiger partial charge in [-0.15, -0.1) is 0 Å². The molecule has 146 valence electrons. The molecule has 0 bridgehead atoms. The largest absolute Gasteiger partial charge is 0.496 e. The molecule has 0 fully saturated rings. The summed E-state index contributed by atoms with van der Waals surface area (Å²) >= 11 is 0. The SMILES string of the molecule is CN=C(NCc1ccccc1OC(F)F)NCC(C)c1ccccc1OC. The Bertz CT molecular complexity index is 754. The predicted octanol–water partition coefficient (Wildman–Crippen LogP) is 3.77. The van der Waals surface area contributed by atoms with E-state index in [4.69, 9.17) is 4.74 Å². The van der Waals surface area contributed by atoms with E-state index in [1.54, 1.807) is 32.4 Å². The summed E-state index contributed by atoms with van der Waals surface area (Å²) in [5.41, 5.74) is 1.72. The van der Waals surface area contributed by atoms with Gasteiger partial charge in [0.25, 0.3) is 0 Å². The highest BCUT2D eigenvalue weighted by molar-refractivity contribution is 5.79. The number of methoxy groups -OCH3 is 1. The van der Waals surface area contributed by atoms with Crippen molar-refractivity contribution in [2.45, 2.75) is 26.0 Å². The zero-order valence-corrected chi connectivity index (χ0v) is 15.7. The minimum atomic E-state index is -2.86. The van der Waals surface area contributed by atoms with Gasteiger partial charge in [-0.1, -0.05) is 43.3 Å².